The maximum absolute atomic E-state index is 12.1. The second-order valence-corrected chi connectivity index (χ2v) is 6.27. The van der Waals surface area contributed by atoms with Crippen LogP contribution < -0.4 is 0 Å². The summed E-state index contributed by atoms with van der Waals surface area (Å²) in [6.45, 7) is 1.41. The van der Waals surface area contributed by atoms with Gasteiger partial charge < -0.3 is 14.2 Å². The van der Waals surface area contributed by atoms with Crippen LogP contribution in [-0.2, 0) is 14.2 Å². The van der Waals surface area contributed by atoms with Crippen molar-refractivity contribution >= 4 is 5.97 Å². The zero-order valence-electron chi connectivity index (χ0n) is 11.9. The molecule has 0 bridgehead atoms. The Morgan fingerprint density at radius 2 is 1.86 bits per heavy atom. The molecule has 2 aliphatic carbocycles. The third-order valence-corrected chi connectivity index (χ3v) is 5.04. The number of ether oxygens (including phenoxy) is 3. The Morgan fingerprint density at radius 1 is 1.05 bits per heavy atom. The van der Waals surface area contributed by atoms with E-state index in [-0.39, 0.29) is 24.3 Å². The van der Waals surface area contributed by atoms with Gasteiger partial charge >= 0.3 is 5.97 Å². The van der Waals surface area contributed by atoms with Gasteiger partial charge in [-0.1, -0.05) is 18.2 Å². The summed E-state index contributed by atoms with van der Waals surface area (Å²) in [6.07, 6.45) is 3.41. The maximum Gasteiger partial charge on any atom is 0.338 e. The summed E-state index contributed by atoms with van der Waals surface area (Å²) in [4.78, 5) is 12.1. The predicted molar refractivity (Wildman–Crippen MR) is 76.0 cm³/mol. The molecule has 3 aliphatic rings. The molecule has 112 valence electrons. The first-order chi connectivity index (χ1) is 10.3. The van der Waals surface area contributed by atoms with Crippen LogP contribution in [0.4, 0.5) is 0 Å². The van der Waals surface area contributed by atoms with E-state index in [1.54, 1.807) is 12.1 Å². The number of fused-ring (bicyclic) bond motifs is 3. The van der Waals surface area contributed by atoms with Gasteiger partial charge in [0, 0.05) is 0 Å². The van der Waals surface area contributed by atoms with Crippen molar-refractivity contribution in [3.8, 4) is 0 Å². The van der Waals surface area contributed by atoms with Crippen molar-refractivity contribution in [1.82, 2.24) is 0 Å². The van der Waals surface area contributed by atoms with Crippen LogP contribution in [0.3, 0.4) is 0 Å². The lowest BCUT2D eigenvalue weighted by Crippen LogP contribution is -2.38. The number of esters is 1. The van der Waals surface area contributed by atoms with Gasteiger partial charge in [0.15, 0.2) is 0 Å². The van der Waals surface area contributed by atoms with Crippen LogP contribution in [0.15, 0.2) is 30.3 Å². The second-order valence-electron chi connectivity index (χ2n) is 6.27. The molecule has 4 rings (SSSR count). The van der Waals surface area contributed by atoms with E-state index in [0.29, 0.717) is 30.6 Å². The Labute approximate surface area is 124 Å². The summed E-state index contributed by atoms with van der Waals surface area (Å²) < 4.78 is 17.4. The molecule has 5 unspecified atom stereocenters. The van der Waals surface area contributed by atoms with Gasteiger partial charge in [-0.25, -0.2) is 4.79 Å². The van der Waals surface area contributed by atoms with Gasteiger partial charge in [-0.3, -0.25) is 0 Å². The van der Waals surface area contributed by atoms with Crippen molar-refractivity contribution in [2.45, 2.75) is 37.6 Å². The number of rotatable bonds is 2. The maximum atomic E-state index is 12.1. The van der Waals surface area contributed by atoms with Crippen molar-refractivity contribution < 1.29 is 19.0 Å². The van der Waals surface area contributed by atoms with Gasteiger partial charge in [0.1, 0.15) is 6.10 Å². The lowest BCUT2D eigenvalue weighted by molar-refractivity contribution is -0.139. The van der Waals surface area contributed by atoms with E-state index in [9.17, 15) is 4.79 Å². The van der Waals surface area contributed by atoms with Crippen LogP contribution in [0.5, 0.6) is 0 Å². The normalized spacial score (nSPS) is 37.8. The SMILES string of the molecule is O=C(OC1CC2CC3OCCOC3C2C1)c1ccccc1. The smallest absolute Gasteiger partial charge is 0.338 e. The van der Waals surface area contributed by atoms with Gasteiger partial charge in [-0.2, -0.15) is 0 Å². The average molecular weight is 288 g/mol. The average Bonchev–Trinajstić information content (AvgIpc) is 3.05. The van der Waals surface area contributed by atoms with E-state index in [1.165, 1.54) is 0 Å². The second kappa shape index (κ2) is 5.43. The van der Waals surface area contributed by atoms with Crippen molar-refractivity contribution in [3.05, 3.63) is 35.9 Å². The molecule has 0 amide bonds. The van der Waals surface area contributed by atoms with E-state index in [2.05, 4.69) is 0 Å². The van der Waals surface area contributed by atoms with E-state index in [0.717, 1.165) is 19.3 Å². The summed E-state index contributed by atoms with van der Waals surface area (Å²) in [5, 5.41) is 0. The van der Waals surface area contributed by atoms with Gasteiger partial charge in [0.2, 0.25) is 0 Å². The minimum absolute atomic E-state index is 0.0270. The fraction of sp³-hybridized carbons (Fsp3) is 0.588. The summed E-state index contributed by atoms with van der Waals surface area (Å²) >= 11 is 0. The third kappa shape index (κ3) is 2.47. The van der Waals surface area contributed by atoms with Gasteiger partial charge in [0.25, 0.3) is 0 Å². The number of carbonyl (C=O) groups is 1. The van der Waals surface area contributed by atoms with E-state index < -0.39 is 0 Å². The van der Waals surface area contributed by atoms with E-state index >= 15 is 0 Å². The van der Waals surface area contributed by atoms with Crippen molar-refractivity contribution in [2.24, 2.45) is 11.8 Å². The number of carbonyl (C=O) groups excluding carboxylic acids is 1. The molecule has 0 radical (unpaired) electrons. The highest BCUT2D eigenvalue weighted by Crippen LogP contribution is 2.48. The van der Waals surface area contributed by atoms with Crippen LogP contribution in [0.1, 0.15) is 29.6 Å². The molecule has 1 aliphatic heterocycles. The molecule has 4 heteroatoms. The third-order valence-electron chi connectivity index (χ3n) is 5.04. The Bertz CT molecular complexity index is 515. The predicted octanol–water partition coefficient (Wildman–Crippen LogP) is 2.43. The first-order valence-electron chi connectivity index (χ1n) is 7.80. The van der Waals surface area contributed by atoms with Crippen LogP contribution >= 0.6 is 0 Å². The molecule has 1 saturated heterocycles. The highest BCUT2D eigenvalue weighted by Gasteiger charge is 2.51. The lowest BCUT2D eigenvalue weighted by Gasteiger charge is -2.29. The summed E-state index contributed by atoms with van der Waals surface area (Å²) in [5.74, 6) is 0.855. The van der Waals surface area contributed by atoms with E-state index in [1.807, 2.05) is 18.2 Å². The van der Waals surface area contributed by atoms with Crippen LogP contribution in [0, 0.1) is 11.8 Å². The topological polar surface area (TPSA) is 44.8 Å². The van der Waals surface area contributed by atoms with Crippen molar-refractivity contribution in [1.29, 1.82) is 0 Å². The van der Waals surface area contributed by atoms with Gasteiger partial charge in [-0.15, -0.1) is 0 Å². The molecule has 21 heavy (non-hydrogen) atoms. The quantitative estimate of drug-likeness (QED) is 0.784. The Balaban J connectivity index is 1.38. The summed E-state index contributed by atoms with van der Waals surface area (Å²) in [6, 6.07) is 9.21. The molecule has 4 nitrogen and oxygen atoms in total. The molecule has 1 heterocycles. The number of hydrogen-bond donors (Lipinski definition) is 0. The minimum Gasteiger partial charge on any atom is -0.459 e. The first-order valence-corrected chi connectivity index (χ1v) is 7.80. The molecule has 2 saturated carbocycles. The fourth-order valence-electron chi connectivity index (χ4n) is 4.15. The highest BCUT2D eigenvalue weighted by molar-refractivity contribution is 5.89. The molecule has 1 aromatic carbocycles. The Kier molecular flexibility index (Phi) is 3.43. The Morgan fingerprint density at radius 3 is 2.71 bits per heavy atom. The lowest BCUT2D eigenvalue weighted by atomic mass is 9.99. The zero-order chi connectivity index (χ0) is 14.2. The van der Waals surface area contributed by atoms with Gasteiger partial charge in [0.05, 0.1) is 31.0 Å². The molecule has 1 aromatic rings. The molecule has 3 fully saturated rings. The fourth-order valence-corrected chi connectivity index (χ4v) is 4.15. The standard InChI is InChI=1S/C17H20O4/c18-17(11-4-2-1-3-5-11)21-13-8-12-9-15-16(14(12)10-13)20-7-6-19-15/h1-5,12-16H,6-10H2. The van der Waals surface area contributed by atoms with Crippen molar-refractivity contribution in [2.75, 3.05) is 13.2 Å². The molecular weight excluding hydrogens is 268 g/mol. The molecule has 5 atom stereocenters. The molecule has 0 aromatic heterocycles. The molecular formula is C17H20O4. The minimum atomic E-state index is -0.210. The summed E-state index contributed by atoms with van der Waals surface area (Å²) in [7, 11) is 0. The largest absolute Gasteiger partial charge is 0.459 e. The number of benzene rings is 1. The van der Waals surface area contributed by atoms with Crippen LogP contribution in [-0.4, -0.2) is 37.5 Å². The Hall–Kier alpha value is -1.39. The van der Waals surface area contributed by atoms with Crippen LogP contribution in [0.2, 0.25) is 0 Å². The van der Waals surface area contributed by atoms with E-state index in [4.69, 9.17) is 14.2 Å². The molecule has 0 spiro atoms. The monoisotopic (exact) mass is 288 g/mol. The highest BCUT2D eigenvalue weighted by atomic mass is 16.6. The number of hydrogen-bond acceptors (Lipinski definition) is 4. The van der Waals surface area contributed by atoms with Crippen molar-refractivity contribution in [3.63, 3.8) is 0 Å². The molecule has 0 N–H and O–H groups in total. The zero-order valence-corrected chi connectivity index (χ0v) is 11.9. The first kappa shape index (κ1) is 13.3. The summed E-state index contributed by atoms with van der Waals surface area (Å²) in [5.41, 5.74) is 0.629. The van der Waals surface area contributed by atoms with Crippen LogP contribution in [0.25, 0.3) is 0 Å². The van der Waals surface area contributed by atoms with Gasteiger partial charge in [-0.05, 0) is 43.2 Å².